The molecule has 1 amide bonds. The van der Waals surface area contributed by atoms with Crippen molar-refractivity contribution in [2.24, 2.45) is 7.05 Å². The molecule has 1 aliphatic carbocycles. The summed E-state index contributed by atoms with van der Waals surface area (Å²) >= 11 is 0. The normalized spacial score (nSPS) is 18.3. The van der Waals surface area contributed by atoms with Crippen LogP contribution in [0.2, 0.25) is 0 Å². The SMILES string of the molecule is Cn1cc(C2CCN(C(=O)c3ccc4[nH]c(=O)n(C5CC5)c4c3)CC2)cn1. The predicted octanol–water partition coefficient (Wildman–Crippen LogP) is 2.42. The number of hydrogen-bond donors (Lipinski definition) is 1. The van der Waals surface area contributed by atoms with E-state index >= 15 is 0 Å². The summed E-state index contributed by atoms with van der Waals surface area (Å²) in [5, 5.41) is 4.26. The lowest BCUT2D eigenvalue weighted by Crippen LogP contribution is -2.37. The van der Waals surface area contributed by atoms with Crippen molar-refractivity contribution in [3.05, 3.63) is 52.2 Å². The molecule has 3 aromatic rings. The van der Waals surface area contributed by atoms with Crippen molar-refractivity contribution >= 4 is 16.9 Å². The molecule has 1 N–H and O–H groups in total. The van der Waals surface area contributed by atoms with Crippen LogP contribution in [0.15, 0.2) is 35.4 Å². The third kappa shape index (κ3) is 2.87. The molecule has 0 unspecified atom stereocenters. The fourth-order valence-electron chi connectivity index (χ4n) is 4.20. The third-order valence-corrected chi connectivity index (χ3v) is 5.86. The number of amides is 1. The van der Waals surface area contributed by atoms with E-state index in [1.54, 1.807) is 4.57 Å². The van der Waals surface area contributed by atoms with Crippen LogP contribution < -0.4 is 5.69 Å². The van der Waals surface area contributed by atoms with Gasteiger partial charge in [0, 0.05) is 37.9 Å². The van der Waals surface area contributed by atoms with Crippen molar-refractivity contribution < 1.29 is 4.79 Å². The average Bonchev–Trinajstić information content (AvgIpc) is 3.32. The molecule has 2 fully saturated rings. The third-order valence-electron chi connectivity index (χ3n) is 5.86. The van der Waals surface area contributed by atoms with Gasteiger partial charge in [0.25, 0.3) is 5.91 Å². The van der Waals surface area contributed by atoms with Crippen molar-refractivity contribution in [3.63, 3.8) is 0 Å². The Balaban J connectivity index is 1.35. The monoisotopic (exact) mass is 365 g/mol. The van der Waals surface area contributed by atoms with Crippen molar-refractivity contribution in [3.8, 4) is 0 Å². The summed E-state index contributed by atoms with van der Waals surface area (Å²) in [5.41, 5.74) is 3.49. The summed E-state index contributed by atoms with van der Waals surface area (Å²) in [6.45, 7) is 1.50. The first-order valence-electron chi connectivity index (χ1n) is 9.62. The molecule has 0 radical (unpaired) electrons. The van der Waals surface area contributed by atoms with Gasteiger partial charge < -0.3 is 9.88 Å². The van der Waals surface area contributed by atoms with Crippen LogP contribution in [0.1, 0.15) is 53.6 Å². The fourth-order valence-corrected chi connectivity index (χ4v) is 4.20. The van der Waals surface area contributed by atoms with Gasteiger partial charge >= 0.3 is 5.69 Å². The van der Waals surface area contributed by atoms with E-state index in [0.29, 0.717) is 11.5 Å². The summed E-state index contributed by atoms with van der Waals surface area (Å²) in [6, 6.07) is 5.84. The van der Waals surface area contributed by atoms with Crippen LogP contribution in [0.4, 0.5) is 0 Å². The smallest absolute Gasteiger partial charge is 0.326 e. The molecule has 0 atom stereocenters. The number of fused-ring (bicyclic) bond motifs is 1. The second-order valence-corrected chi connectivity index (χ2v) is 7.78. The number of nitrogens with one attached hydrogen (secondary N) is 1. The van der Waals surface area contributed by atoms with Crippen LogP contribution in [0.3, 0.4) is 0 Å². The zero-order valence-corrected chi connectivity index (χ0v) is 15.4. The molecular weight excluding hydrogens is 342 g/mol. The van der Waals surface area contributed by atoms with Gasteiger partial charge in [0.2, 0.25) is 0 Å². The highest BCUT2D eigenvalue weighted by atomic mass is 16.2. The molecule has 1 aliphatic heterocycles. The molecule has 7 heteroatoms. The lowest BCUT2D eigenvalue weighted by atomic mass is 9.91. The summed E-state index contributed by atoms with van der Waals surface area (Å²) < 4.78 is 3.64. The van der Waals surface area contributed by atoms with Crippen molar-refractivity contribution in [1.29, 1.82) is 0 Å². The van der Waals surface area contributed by atoms with E-state index in [1.807, 2.05) is 41.0 Å². The summed E-state index contributed by atoms with van der Waals surface area (Å²) in [7, 11) is 1.93. The molecule has 7 nitrogen and oxygen atoms in total. The maximum Gasteiger partial charge on any atom is 0.326 e. The summed E-state index contributed by atoms with van der Waals surface area (Å²) in [4.78, 5) is 30.0. The number of carbonyl (C=O) groups excluding carboxylic acids is 1. The highest BCUT2D eigenvalue weighted by molar-refractivity contribution is 5.97. The van der Waals surface area contributed by atoms with Crippen molar-refractivity contribution in [1.82, 2.24) is 24.2 Å². The fraction of sp³-hybridized carbons (Fsp3) is 0.450. The van der Waals surface area contributed by atoms with Crippen LogP contribution in [-0.4, -0.2) is 43.2 Å². The first-order valence-corrected chi connectivity index (χ1v) is 9.62. The van der Waals surface area contributed by atoms with E-state index in [1.165, 1.54) is 5.56 Å². The molecule has 27 heavy (non-hydrogen) atoms. The second-order valence-electron chi connectivity index (χ2n) is 7.78. The standard InChI is InChI=1S/C20H23N5O2/c1-23-12-15(11-21-23)13-6-8-24(9-7-13)19(26)14-2-5-17-18(10-14)25(16-3-4-16)20(27)22-17/h2,5,10-13,16H,3-4,6-9H2,1H3,(H,22,27). The number of likely N-dealkylation sites (tertiary alicyclic amines) is 1. The number of aromatic nitrogens is 4. The molecule has 3 heterocycles. The lowest BCUT2D eigenvalue weighted by molar-refractivity contribution is 0.0713. The molecule has 1 saturated heterocycles. The van der Waals surface area contributed by atoms with Crippen LogP contribution in [0.25, 0.3) is 11.0 Å². The molecule has 0 spiro atoms. The van der Waals surface area contributed by atoms with Gasteiger partial charge in [-0.3, -0.25) is 14.0 Å². The Labute approximate surface area is 156 Å². The number of rotatable bonds is 3. The van der Waals surface area contributed by atoms with E-state index < -0.39 is 0 Å². The molecule has 5 rings (SSSR count). The summed E-state index contributed by atoms with van der Waals surface area (Å²) in [5.74, 6) is 0.521. The minimum atomic E-state index is -0.0746. The van der Waals surface area contributed by atoms with E-state index in [9.17, 15) is 9.59 Å². The zero-order valence-electron chi connectivity index (χ0n) is 15.4. The second kappa shape index (κ2) is 6.11. The Morgan fingerprint density at radius 3 is 2.63 bits per heavy atom. The maximum atomic E-state index is 13.0. The van der Waals surface area contributed by atoms with E-state index in [2.05, 4.69) is 16.3 Å². The number of H-pyrrole nitrogens is 1. The molecule has 1 aromatic carbocycles. The average molecular weight is 365 g/mol. The molecule has 140 valence electrons. The van der Waals surface area contributed by atoms with Crippen molar-refractivity contribution in [2.45, 2.75) is 37.6 Å². The van der Waals surface area contributed by atoms with Gasteiger partial charge in [-0.15, -0.1) is 0 Å². The van der Waals surface area contributed by atoms with Crippen LogP contribution in [0, 0.1) is 0 Å². The van der Waals surface area contributed by atoms with Gasteiger partial charge in [0.15, 0.2) is 0 Å². The Morgan fingerprint density at radius 1 is 1.19 bits per heavy atom. The van der Waals surface area contributed by atoms with Gasteiger partial charge in [0.1, 0.15) is 0 Å². The highest BCUT2D eigenvalue weighted by Gasteiger charge is 2.29. The van der Waals surface area contributed by atoms with E-state index in [0.717, 1.165) is 49.8 Å². The molecule has 2 aliphatic rings. The van der Waals surface area contributed by atoms with Gasteiger partial charge in [-0.25, -0.2) is 4.79 Å². The minimum Gasteiger partial charge on any atom is -0.339 e. The number of imidazole rings is 1. The number of hydrogen-bond acceptors (Lipinski definition) is 3. The Morgan fingerprint density at radius 2 is 1.96 bits per heavy atom. The number of benzene rings is 1. The maximum absolute atomic E-state index is 13.0. The van der Waals surface area contributed by atoms with Crippen LogP contribution in [-0.2, 0) is 7.05 Å². The van der Waals surface area contributed by atoms with Gasteiger partial charge in [-0.05, 0) is 55.4 Å². The number of piperidine rings is 1. The topological polar surface area (TPSA) is 75.9 Å². The minimum absolute atomic E-state index is 0.0533. The van der Waals surface area contributed by atoms with E-state index in [4.69, 9.17) is 0 Å². The number of aryl methyl sites for hydroxylation is 1. The van der Waals surface area contributed by atoms with Gasteiger partial charge in [0.05, 0.1) is 17.2 Å². The number of aromatic amines is 1. The predicted molar refractivity (Wildman–Crippen MR) is 102 cm³/mol. The Hall–Kier alpha value is -2.83. The Bertz CT molecular complexity index is 1060. The molecular formula is C20H23N5O2. The first kappa shape index (κ1) is 16.4. The van der Waals surface area contributed by atoms with Gasteiger partial charge in [-0.1, -0.05) is 0 Å². The Kier molecular flexibility index (Phi) is 3.70. The molecule has 0 bridgehead atoms. The van der Waals surface area contributed by atoms with Crippen molar-refractivity contribution in [2.75, 3.05) is 13.1 Å². The van der Waals surface area contributed by atoms with Crippen LogP contribution >= 0.6 is 0 Å². The highest BCUT2D eigenvalue weighted by Crippen LogP contribution is 2.36. The summed E-state index contributed by atoms with van der Waals surface area (Å²) in [6.07, 6.45) is 7.98. The zero-order chi connectivity index (χ0) is 18.5. The largest absolute Gasteiger partial charge is 0.339 e. The molecule has 2 aromatic heterocycles. The van der Waals surface area contributed by atoms with E-state index in [-0.39, 0.29) is 17.6 Å². The lowest BCUT2D eigenvalue weighted by Gasteiger charge is -2.31. The number of nitrogens with zero attached hydrogens (tertiary/aromatic N) is 4. The number of carbonyl (C=O) groups is 1. The van der Waals surface area contributed by atoms with Crippen LogP contribution in [0.5, 0.6) is 0 Å². The quantitative estimate of drug-likeness (QED) is 0.774. The first-order chi connectivity index (χ1) is 13.1. The molecule has 1 saturated carbocycles. The van der Waals surface area contributed by atoms with Gasteiger partial charge in [-0.2, -0.15) is 5.10 Å².